The quantitative estimate of drug-likeness (QED) is 0.496. The Balaban J connectivity index is 1.50. The normalized spacial score (nSPS) is 13.6. The summed E-state index contributed by atoms with van der Waals surface area (Å²) in [5.74, 6) is 0.552. The molecule has 184 valence electrons. The zero-order valence-electron chi connectivity index (χ0n) is 19.1. The van der Waals surface area contributed by atoms with Gasteiger partial charge in [-0.25, -0.2) is 8.42 Å². The van der Waals surface area contributed by atoms with Crippen LogP contribution in [0.4, 0.5) is 0 Å². The van der Waals surface area contributed by atoms with E-state index in [2.05, 4.69) is 10.9 Å². The van der Waals surface area contributed by atoms with E-state index < -0.39 is 34.5 Å². The molecule has 2 N–H and O–H groups in total. The van der Waals surface area contributed by atoms with Crippen LogP contribution >= 0.6 is 0 Å². The van der Waals surface area contributed by atoms with Crippen LogP contribution in [-0.2, 0) is 19.6 Å². The number of amides is 2. The van der Waals surface area contributed by atoms with Gasteiger partial charge in [-0.2, -0.15) is 4.31 Å². The molecule has 0 saturated heterocycles. The number of hydrazine groups is 1. The standard InChI is InChI=1S/C22H27N3O8S/c1-4-30-16-5-7-17(8-6-16)33-15(2)22(27)24-23-21(26)14-25(3)34(28,29)18-9-10-19-20(13-18)32-12-11-31-19/h5-10,13,15H,4,11-12,14H2,1-3H3,(H,23,26)(H,24,27). The summed E-state index contributed by atoms with van der Waals surface area (Å²) >= 11 is 0. The monoisotopic (exact) mass is 493 g/mol. The average molecular weight is 494 g/mol. The second kappa shape index (κ2) is 11.1. The highest BCUT2D eigenvalue weighted by Gasteiger charge is 2.26. The molecular formula is C22H27N3O8S. The van der Waals surface area contributed by atoms with E-state index in [0.29, 0.717) is 42.8 Å². The van der Waals surface area contributed by atoms with Gasteiger partial charge in [0, 0.05) is 13.1 Å². The number of ether oxygens (including phenoxy) is 4. The Hall–Kier alpha value is -3.51. The minimum Gasteiger partial charge on any atom is -0.494 e. The summed E-state index contributed by atoms with van der Waals surface area (Å²) in [6.07, 6.45) is -0.919. The predicted molar refractivity (Wildman–Crippen MR) is 121 cm³/mol. The molecule has 11 nitrogen and oxygen atoms in total. The first-order valence-electron chi connectivity index (χ1n) is 10.5. The molecule has 1 atom stereocenters. The predicted octanol–water partition coefficient (Wildman–Crippen LogP) is 1.09. The summed E-state index contributed by atoms with van der Waals surface area (Å²) in [6.45, 7) is 4.09. The van der Waals surface area contributed by atoms with Crippen molar-refractivity contribution < 1.29 is 37.0 Å². The van der Waals surface area contributed by atoms with Gasteiger partial charge in [-0.1, -0.05) is 0 Å². The minimum absolute atomic E-state index is 0.0477. The fraction of sp³-hybridized carbons (Fsp3) is 0.364. The Morgan fingerprint density at radius 1 is 1.03 bits per heavy atom. The lowest BCUT2D eigenvalue weighted by molar-refractivity contribution is -0.132. The Morgan fingerprint density at radius 2 is 1.68 bits per heavy atom. The van der Waals surface area contributed by atoms with Crippen LogP contribution in [0, 0.1) is 0 Å². The third-order valence-corrected chi connectivity index (χ3v) is 6.53. The first-order chi connectivity index (χ1) is 16.2. The van der Waals surface area contributed by atoms with Gasteiger partial charge in [0.05, 0.1) is 18.0 Å². The molecule has 34 heavy (non-hydrogen) atoms. The number of carbonyl (C=O) groups excluding carboxylic acids is 2. The molecule has 0 bridgehead atoms. The van der Waals surface area contributed by atoms with Crippen LogP contribution < -0.4 is 29.8 Å². The Kier molecular flexibility index (Phi) is 8.18. The van der Waals surface area contributed by atoms with E-state index in [1.807, 2.05) is 6.92 Å². The molecule has 0 fully saturated rings. The molecule has 0 aliphatic carbocycles. The van der Waals surface area contributed by atoms with E-state index in [9.17, 15) is 18.0 Å². The SMILES string of the molecule is CCOc1ccc(OC(C)C(=O)NNC(=O)CN(C)S(=O)(=O)c2ccc3c(c2)OCCO3)cc1. The minimum atomic E-state index is -3.98. The van der Waals surface area contributed by atoms with Crippen molar-refractivity contribution in [1.82, 2.24) is 15.2 Å². The van der Waals surface area contributed by atoms with Crippen molar-refractivity contribution in [1.29, 1.82) is 0 Å². The third kappa shape index (κ3) is 6.29. The van der Waals surface area contributed by atoms with E-state index in [-0.39, 0.29) is 4.90 Å². The summed E-state index contributed by atoms with van der Waals surface area (Å²) in [4.78, 5) is 24.4. The molecule has 0 radical (unpaired) electrons. The number of carbonyl (C=O) groups is 2. The number of fused-ring (bicyclic) bond motifs is 1. The smallest absolute Gasteiger partial charge is 0.279 e. The van der Waals surface area contributed by atoms with Gasteiger partial charge >= 0.3 is 0 Å². The van der Waals surface area contributed by atoms with Gasteiger partial charge in [-0.15, -0.1) is 0 Å². The molecule has 0 aromatic heterocycles. The molecule has 1 aliphatic rings. The highest BCUT2D eigenvalue weighted by atomic mass is 32.2. The fourth-order valence-electron chi connectivity index (χ4n) is 2.96. The zero-order valence-corrected chi connectivity index (χ0v) is 19.9. The van der Waals surface area contributed by atoms with Gasteiger partial charge in [0.15, 0.2) is 17.6 Å². The summed E-state index contributed by atoms with van der Waals surface area (Å²) < 4.78 is 48.1. The first kappa shape index (κ1) is 25.1. The highest BCUT2D eigenvalue weighted by Crippen LogP contribution is 2.32. The van der Waals surface area contributed by atoms with E-state index >= 15 is 0 Å². The number of hydrogen-bond donors (Lipinski definition) is 2. The number of benzene rings is 2. The Labute approximate surface area is 197 Å². The second-order valence-corrected chi connectivity index (χ2v) is 9.31. The summed E-state index contributed by atoms with van der Waals surface area (Å²) in [5.41, 5.74) is 4.42. The molecule has 0 spiro atoms. The number of nitrogens with zero attached hydrogens (tertiary/aromatic N) is 1. The van der Waals surface area contributed by atoms with Crippen molar-refractivity contribution in [3.8, 4) is 23.0 Å². The first-order valence-corrected chi connectivity index (χ1v) is 12.0. The summed E-state index contributed by atoms with van der Waals surface area (Å²) in [5, 5.41) is 0. The van der Waals surface area contributed by atoms with Crippen LogP contribution in [0.25, 0.3) is 0 Å². The van der Waals surface area contributed by atoms with Crippen LogP contribution in [0.1, 0.15) is 13.8 Å². The maximum atomic E-state index is 12.8. The van der Waals surface area contributed by atoms with Gasteiger partial charge < -0.3 is 18.9 Å². The topological polar surface area (TPSA) is 132 Å². The molecule has 12 heteroatoms. The van der Waals surface area contributed by atoms with Gasteiger partial charge in [0.1, 0.15) is 24.7 Å². The second-order valence-electron chi connectivity index (χ2n) is 7.27. The molecule has 3 rings (SSSR count). The van der Waals surface area contributed by atoms with Crippen molar-refractivity contribution in [2.45, 2.75) is 24.8 Å². The van der Waals surface area contributed by atoms with E-state index in [0.717, 1.165) is 4.31 Å². The largest absolute Gasteiger partial charge is 0.494 e. The van der Waals surface area contributed by atoms with Crippen LogP contribution in [0.15, 0.2) is 47.4 Å². The van der Waals surface area contributed by atoms with E-state index in [1.165, 1.54) is 32.2 Å². The number of rotatable bonds is 9. The molecule has 1 aliphatic heterocycles. The molecule has 1 heterocycles. The molecule has 0 saturated carbocycles. The molecule has 2 aromatic carbocycles. The van der Waals surface area contributed by atoms with Crippen molar-refractivity contribution in [2.75, 3.05) is 33.4 Å². The lowest BCUT2D eigenvalue weighted by Gasteiger charge is -2.21. The number of sulfonamides is 1. The van der Waals surface area contributed by atoms with E-state index in [4.69, 9.17) is 18.9 Å². The fourth-order valence-corrected chi connectivity index (χ4v) is 4.11. The van der Waals surface area contributed by atoms with E-state index in [1.54, 1.807) is 24.3 Å². The maximum absolute atomic E-state index is 12.8. The van der Waals surface area contributed by atoms with Crippen molar-refractivity contribution in [2.24, 2.45) is 0 Å². The van der Waals surface area contributed by atoms with Crippen molar-refractivity contribution in [3.63, 3.8) is 0 Å². The molecular weight excluding hydrogens is 466 g/mol. The van der Waals surface area contributed by atoms with Crippen LogP contribution in [0.2, 0.25) is 0 Å². The van der Waals surface area contributed by atoms with Gasteiger partial charge in [0.25, 0.3) is 11.8 Å². The summed E-state index contributed by atoms with van der Waals surface area (Å²) in [7, 11) is -2.73. The van der Waals surface area contributed by atoms with Crippen molar-refractivity contribution in [3.05, 3.63) is 42.5 Å². The molecule has 2 aromatic rings. The number of hydrogen-bond acceptors (Lipinski definition) is 8. The Morgan fingerprint density at radius 3 is 2.35 bits per heavy atom. The maximum Gasteiger partial charge on any atom is 0.279 e. The number of nitrogens with one attached hydrogen (secondary N) is 2. The summed E-state index contributed by atoms with van der Waals surface area (Å²) in [6, 6.07) is 11.0. The zero-order chi connectivity index (χ0) is 24.7. The lowest BCUT2D eigenvalue weighted by Crippen LogP contribution is -2.50. The Bertz CT molecular complexity index is 1120. The highest BCUT2D eigenvalue weighted by molar-refractivity contribution is 7.89. The number of likely N-dealkylation sites (N-methyl/N-ethyl adjacent to an activating group) is 1. The van der Waals surface area contributed by atoms with Crippen LogP contribution in [0.3, 0.4) is 0 Å². The van der Waals surface area contributed by atoms with Crippen LogP contribution in [0.5, 0.6) is 23.0 Å². The molecule has 2 amide bonds. The van der Waals surface area contributed by atoms with Crippen LogP contribution in [-0.4, -0.2) is 64.1 Å². The van der Waals surface area contributed by atoms with Crippen molar-refractivity contribution >= 4 is 21.8 Å². The molecule has 1 unspecified atom stereocenters. The van der Waals surface area contributed by atoms with Gasteiger partial charge in [0.2, 0.25) is 10.0 Å². The van der Waals surface area contributed by atoms with Gasteiger partial charge in [-0.05, 0) is 50.2 Å². The van der Waals surface area contributed by atoms with Gasteiger partial charge in [-0.3, -0.25) is 20.4 Å². The average Bonchev–Trinajstić information content (AvgIpc) is 2.83. The lowest BCUT2D eigenvalue weighted by atomic mass is 10.3. The third-order valence-electron chi connectivity index (χ3n) is 4.73.